The fourth-order valence-corrected chi connectivity index (χ4v) is 2.28. The number of quaternary nitrogens is 2. The van der Waals surface area contributed by atoms with E-state index in [1.54, 1.807) is 21.9 Å². The Hall–Kier alpha value is -1.59. The number of carboxylic acid groups (broad SMARTS) is 1. The predicted molar refractivity (Wildman–Crippen MR) is 68.5 cm³/mol. The fourth-order valence-electron chi connectivity index (χ4n) is 2.28. The molecule has 1 aromatic rings. The zero-order valence-electron chi connectivity index (χ0n) is 11.3. The van der Waals surface area contributed by atoms with Crippen molar-refractivity contribution < 1.29 is 24.4 Å². The van der Waals surface area contributed by atoms with E-state index < -0.39 is 5.97 Å². The first-order valence-corrected chi connectivity index (χ1v) is 6.74. The van der Waals surface area contributed by atoms with Crippen LogP contribution in [0.15, 0.2) is 24.3 Å². The average molecular weight is 265 g/mol. The lowest BCUT2D eigenvalue weighted by molar-refractivity contribution is -1.00. The van der Waals surface area contributed by atoms with Gasteiger partial charge in [0, 0.05) is 0 Å². The summed E-state index contributed by atoms with van der Waals surface area (Å²) in [6.07, 6.45) is 0. The van der Waals surface area contributed by atoms with Gasteiger partial charge in [-0.15, -0.1) is 0 Å². The van der Waals surface area contributed by atoms with Gasteiger partial charge in [0.1, 0.15) is 45.1 Å². The lowest BCUT2D eigenvalue weighted by atomic mass is 10.2. The zero-order chi connectivity index (χ0) is 13.7. The molecule has 0 radical (unpaired) electrons. The van der Waals surface area contributed by atoms with Crippen LogP contribution in [0, 0.1) is 0 Å². The Bertz CT molecular complexity index is 411. The van der Waals surface area contributed by atoms with Crippen molar-refractivity contribution in [2.24, 2.45) is 0 Å². The van der Waals surface area contributed by atoms with E-state index in [9.17, 15) is 9.90 Å². The van der Waals surface area contributed by atoms with Crippen molar-refractivity contribution in [3.8, 4) is 5.75 Å². The Morgan fingerprint density at radius 1 is 1.21 bits per heavy atom. The minimum absolute atomic E-state index is 0.181. The highest BCUT2D eigenvalue weighted by atomic mass is 16.5. The van der Waals surface area contributed by atoms with Gasteiger partial charge in [-0.3, -0.25) is 0 Å². The second kappa shape index (κ2) is 6.54. The normalized spacial score (nSPS) is 23.0. The van der Waals surface area contributed by atoms with Gasteiger partial charge in [0.15, 0.2) is 0 Å². The molecule has 5 heteroatoms. The Morgan fingerprint density at radius 2 is 1.84 bits per heavy atom. The number of benzene rings is 1. The third kappa shape index (κ3) is 4.22. The molecule has 0 unspecified atom stereocenters. The molecule has 1 aliphatic rings. The molecule has 1 aliphatic heterocycles. The standard InChI is InChI=1S/C14H20N2O3/c1-15-6-8-16(9-7-15)10-11-19-13-4-2-12(3-5-13)14(17)18/h2-5H,6-11H2,1H3,(H,17,18)/p+1. The zero-order valence-corrected chi connectivity index (χ0v) is 11.3. The van der Waals surface area contributed by atoms with E-state index in [0.717, 1.165) is 6.54 Å². The summed E-state index contributed by atoms with van der Waals surface area (Å²) in [6, 6.07) is 6.37. The SMILES string of the molecule is C[NH+]1CC[NH+](CCOc2ccc(C(=O)[O-])cc2)CC1. The van der Waals surface area contributed by atoms with E-state index >= 15 is 0 Å². The number of hydrogen-bond donors (Lipinski definition) is 2. The van der Waals surface area contributed by atoms with Gasteiger partial charge >= 0.3 is 0 Å². The van der Waals surface area contributed by atoms with Crippen LogP contribution in [0.25, 0.3) is 0 Å². The Morgan fingerprint density at radius 3 is 2.42 bits per heavy atom. The van der Waals surface area contributed by atoms with Gasteiger partial charge in [-0.05, 0) is 29.8 Å². The van der Waals surface area contributed by atoms with Crippen LogP contribution in [-0.2, 0) is 0 Å². The monoisotopic (exact) mass is 265 g/mol. The third-order valence-corrected chi connectivity index (χ3v) is 3.63. The summed E-state index contributed by atoms with van der Waals surface area (Å²) in [7, 11) is 2.23. The minimum Gasteiger partial charge on any atom is -0.545 e. The summed E-state index contributed by atoms with van der Waals surface area (Å²) in [5.41, 5.74) is 0.181. The molecule has 1 fully saturated rings. The number of rotatable bonds is 5. The van der Waals surface area contributed by atoms with Crippen molar-refractivity contribution in [3.63, 3.8) is 0 Å². The number of nitrogens with one attached hydrogen (secondary N) is 2. The van der Waals surface area contributed by atoms with Gasteiger partial charge in [-0.1, -0.05) is 0 Å². The van der Waals surface area contributed by atoms with E-state index in [4.69, 9.17) is 4.74 Å². The lowest BCUT2D eigenvalue weighted by Crippen LogP contribution is -3.27. The lowest BCUT2D eigenvalue weighted by Gasteiger charge is -2.27. The molecular weight excluding hydrogens is 244 g/mol. The van der Waals surface area contributed by atoms with Crippen molar-refractivity contribution in [1.29, 1.82) is 0 Å². The Balaban J connectivity index is 1.72. The molecule has 5 nitrogen and oxygen atoms in total. The third-order valence-electron chi connectivity index (χ3n) is 3.63. The van der Waals surface area contributed by atoms with E-state index in [2.05, 4.69) is 7.05 Å². The van der Waals surface area contributed by atoms with Crippen molar-refractivity contribution >= 4 is 5.97 Å². The van der Waals surface area contributed by atoms with E-state index in [0.29, 0.717) is 12.4 Å². The quantitative estimate of drug-likeness (QED) is 0.591. The molecule has 19 heavy (non-hydrogen) atoms. The van der Waals surface area contributed by atoms with Crippen LogP contribution in [0.4, 0.5) is 0 Å². The van der Waals surface area contributed by atoms with Gasteiger partial charge in [0.05, 0.1) is 13.0 Å². The first-order chi connectivity index (χ1) is 9.15. The minimum atomic E-state index is -1.16. The number of likely N-dealkylation sites (N-methyl/N-ethyl adjacent to an activating group) is 1. The molecule has 0 spiro atoms. The van der Waals surface area contributed by atoms with Gasteiger partial charge in [-0.2, -0.15) is 0 Å². The van der Waals surface area contributed by atoms with Crippen LogP contribution >= 0.6 is 0 Å². The largest absolute Gasteiger partial charge is 0.545 e. The van der Waals surface area contributed by atoms with Crippen LogP contribution in [0.5, 0.6) is 5.75 Å². The topological polar surface area (TPSA) is 58.2 Å². The molecule has 0 aliphatic carbocycles. The van der Waals surface area contributed by atoms with E-state index in [-0.39, 0.29) is 5.56 Å². The molecule has 0 amide bonds. The van der Waals surface area contributed by atoms with Crippen LogP contribution in [0.2, 0.25) is 0 Å². The molecule has 1 saturated heterocycles. The van der Waals surface area contributed by atoms with Crippen molar-refractivity contribution in [1.82, 2.24) is 0 Å². The molecule has 0 aromatic heterocycles. The smallest absolute Gasteiger partial charge is 0.137 e. The van der Waals surface area contributed by atoms with Gasteiger partial charge < -0.3 is 24.4 Å². The number of ether oxygens (including phenoxy) is 1. The molecule has 0 atom stereocenters. The molecule has 2 rings (SSSR count). The second-order valence-electron chi connectivity index (χ2n) is 5.12. The molecule has 1 aromatic carbocycles. The highest BCUT2D eigenvalue weighted by Crippen LogP contribution is 2.11. The van der Waals surface area contributed by atoms with Crippen molar-refractivity contribution in [2.45, 2.75) is 0 Å². The molecule has 104 valence electrons. The number of hydrogen-bond acceptors (Lipinski definition) is 3. The van der Waals surface area contributed by atoms with Crippen molar-refractivity contribution in [2.75, 3.05) is 46.4 Å². The van der Waals surface area contributed by atoms with E-state index in [1.807, 2.05) is 0 Å². The molecule has 0 bridgehead atoms. The molecule has 1 heterocycles. The maximum absolute atomic E-state index is 10.6. The van der Waals surface area contributed by atoms with E-state index in [1.165, 1.54) is 38.3 Å². The van der Waals surface area contributed by atoms with Crippen molar-refractivity contribution in [3.05, 3.63) is 29.8 Å². The Kier molecular flexibility index (Phi) is 4.76. The predicted octanol–water partition coefficient (Wildman–Crippen LogP) is -3.16. The first-order valence-electron chi connectivity index (χ1n) is 6.74. The number of carboxylic acids is 1. The summed E-state index contributed by atoms with van der Waals surface area (Å²) in [4.78, 5) is 13.8. The van der Waals surface area contributed by atoms with Crippen LogP contribution in [-0.4, -0.2) is 52.3 Å². The first kappa shape index (κ1) is 13.8. The van der Waals surface area contributed by atoms with Crippen LogP contribution in [0.3, 0.4) is 0 Å². The number of carbonyl (C=O) groups is 1. The summed E-state index contributed by atoms with van der Waals surface area (Å²) in [6.45, 7) is 6.48. The second-order valence-corrected chi connectivity index (χ2v) is 5.12. The maximum Gasteiger partial charge on any atom is 0.137 e. The summed E-state index contributed by atoms with van der Waals surface area (Å²) < 4.78 is 5.63. The molecular formula is C14H21N2O3+. The Labute approximate surface area is 113 Å². The average Bonchev–Trinajstić information content (AvgIpc) is 2.41. The highest BCUT2D eigenvalue weighted by Gasteiger charge is 2.19. The van der Waals surface area contributed by atoms with Crippen LogP contribution in [0.1, 0.15) is 10.4 Å². The fraction of sp³-hybridized carbons (Fsp3) is 0.500. The van der Waals surface area contributed by atoms with Gasteiger partial charge in [0.25, 0.3) is 0 Å². The van der Waals surface area contributed by atoms with Gasteiger partial charge in [0.2, 0.25) is 0 Å². The summed E-state index contributed by atoms with van der Waals surface area (Å²) in [5, 5.41) is 10.6. The highest BCUT2D eigenvalue weighted by molar-refractivity contribution is 5.85. The van der Waals surface area contributed by atoms with Crippen LogP contribution < -0.4 is 19.6 Å². The number of aromatic carboxylic acids is 1. The summed E-state index contributed by atoms with van der Waals surface area (Å²) in [5.74, 6) is -0.444. The molecule has 0 saturated carbocycles. The number of carbonyl (C=O) groups excluding carboxylic acids is 1. The molecule has 2 N–H and O–H groups in total. The maximum atomic E-state index is 10.6. The van der Waals surface area contributed by atoms with Gasteiger partial charge in [-0.25, -0.2) is 0 Å². The summed E-state index contributed by atoms with van der Waals surface area (Å²) >= 11 is 0. The number of piperazine rings is 1.